The molecule has 1 N–H and O–H groups in total. The maximum Gasteiger partial charge on any atom is 0.0725 e. The molecule has 1 spiro atoms. The molecule has 1 heteroatoms. The van der Waals surface area contributed by atoms with Gasteiger partial charge in [-0.05, 0) is 68.8 Å². The zero-order valence-electron chi connectivity index (χ0n) is 18.7. The molecular formula is C33H23N. The average Bonchev–Trinajstić information content (AvgIpc) is 3.09. The van der Waals surface area contributed by atoms with Crippen LogP contribution in [-0.2, 0) is 5.41 Å². The molecule has 0 unspecified atom stereocenters. The van der Waals surface area contributed by atoms with Crippen molar-refractivity contribution in [3.63, 3.8) is 0 Å². The Hall–Kier alpha value is -4.36. The molecule has 2 aliphatic carbocycles. The highest BCUT2D eigenvalue weighted by atomic mass is 14.9. The molecule has 0 aliphatic heterocycles. The van der Waals surface area contributed by atoms with E-state index in [1.54, 1.807) is 0 Å². The molecule has 2 aliphatic rings. The number of fused-ring (bicyclic) bond motifs is 9. The Morgan fingerprint density at radius 2 is 0.971 bits per heavy atom. The monoisotopic (exact) mass is 433 g/mol. The number of para-hydroxylation sites is 1. The van der Waals surface area contributed by atoms with Gasteiger partial charge in [-0.2, -0.15) is 0 Å². The molecule has 34 heavy (non-hydrogen) atoms. The number of hydrogen-bond donors (Lipinski definition) is 1. The highest BCUT2D eigenvalue weighted by Gasteiger charge is 2.48. The minimum Gasteiger partial charge on any atom is -0.356 e. The van der Waals surface area contributed by atoms with Crippen LogP contribution in [0.4, 0.5) is 11.4 Å². The normalized spacial score (nSPS) is 14.0. The van der Waals surface area contributed by atoms with E-state index in [-0.39, 0.29) is 5.41 Å². The van der Waals surface area contributed by atoms with E-state index in [0.717, 1.165) is 11.4 Å². The number of benzene rings is 5. The number of anilines is 2. The van der Waals surface area contributed by atoms with Crippen molar-refractivity contribution in [1.29, 1.82) is 0 Å². The molecule has 0 fully saturated rings. The van der Waals surface area contributed by atoms with Crippen LogP contribution in [0.2, 0.25) is 0 Å². The van der Waals surface area contributed by atoms with Crippen molar-refractivity contribution in [1.82, 2.24) is 0 Å². The van der Waals surface area contributed by atoms with E-state index < -0.39 is 0 Å². The Kier molecular flexibility index (Phi) is 4.13. The lowest BCUT2D eigenvalue weighted by molar-refractivity contribution is 0.766. The average molecular weight is 434 g/mol. The van der Waals surface area contributed by atoms with E-state index in [0.29, 0.717) is 0 Å². The molecule has 0 radical (unpaired) electrons. The molecule has 0 amide bonds. The van der Waals surface area contributed by atoms with Crippen LogP contribution in [0.1, 0.15) is 33.4 Å². The van der Waals surface area contributed by atoms with Crippen LogP contribution in [0.15, 0.2) is 121 Å². The fourth-order valence-electron chi connectivity index (χ4n) is 5.92. The van der Waals surface area contributed by atoms with Gasteiger partial charge in [0.1, 0.15) is 0 Å². The third kappa shape index (κ3) is 2.61. The van der Waals surface area contributed by atoms with E-state index in [4.69, 9.17) is 0 Å². The van der Waals surface area contributed by atoms with Gasteiger partial charge >= 0.3 is 0 Å². The van der Waals surface area contributed by atoms with Crippen molar-refractivity contribution in [3.8, 4) is 11.1 Å². The molecule has 0 aromatic heterocycles. The maximum absolute atomic E-state index is 3.59. The summed E-state index contributed by atoms with van der Waals surface area (Å²) in [6.07, 6.45) is 4.55. The summed E-state index contributed by atoms with van der Waals surface area (Å²) >= 11 is 0. The minimum atomic E-state index is -0.353. The predicted octanol–water partition coefficient (Wildman–Crippen LogP) is 8.28. The van der Waals surface area contributed by atoms with Gasteiger partial charge in [-0.25, -0.2) is 0 Å². The number of nitrogens with one attached hydrogen (secondary N) is 1. The highest BCUT2D eigenvalue weighted by molar-refractivity contribution is 5.92. The lowest BCUT2D eigenvalue weighted by Crippen LogP contribution is -2.29. The molecule has 160 valence electrons. The molecule has 5 aromatic rings. The van der Waals surface area contributed by atoms with E-state index in [9.17, 15) is 0 Å². The van der Waals surface area contributed by atoms with E-state index in [1.165, 1.54) is 44.5 Å². The van der Waals surface area contributed by atoms with Crippen molar-refractivity contribution in [2.75, 3.05) is 5.32 Å². The van der Waals surface area contributed by atoms with Crippen LogP contribution in [0, 0.1) is 0 Å². The summed E-state index contributed by atoms with van der Waals surface area (Å²) in [6.45, 7) is 0. The Morgan fingerprint density at radius 3 is 1.68 bits per heavy atom. The van der Waals surface area contributed by atoms with Crippen molar-refractivity contribution < 1.29 is 0 Å². The topological polar surface area (TPSA) is 12.0 Å². The van der Waals surface area contributed by atoms with Crippen LogP contribution >= 0.6 is 0 Å². The van der Waals surface area contributed by atoms with Crippen LogP contribution in [-0.4, -0.2) is 0 Å². The third-order valence-electron chi connectivity index (χ3n) is 7.28. The van der Waals surface area contributed by atoms with Gasteiger partial charge in [0.05, 0.1) is 5.41 Å². The summed E-state index contributed by atoms with van der Waals surface area (Å²) in [6, 6.07) is 43.9. The summed E-state index contributed by atoms with van der Waals surface area (Å²) in [5.74, 6) is 0. The first-order valence-electron chi connectivity index (χ1n) is 11.8. The van der Waals surface area contributed by atoms with Crippen LogP contribution in [0.3, 0.4) is 0 Å². The van der Waals surface area contributed by atoms with Crippen molar-refractivity contribution in [2.45, 2.75) is 5.41 Å². The second kappa shape index (κ2) is 7.33. The molecule has 0 bridgehead atoms. The molecule has 1 nitrogen and oxygen atoms in total. The van der Waals surface area contributed by atoms with Gasteiger partial charge in [-0.3, -0.25) is 0 Å². The summed E-state index contributed by atoms with van der Waals surface area (Å²) in [5.41, 5.74) is 12.4. The summed E-state index contributed by atoms with van der Waals surface area (Å²) in [4.78, 5) is 0. The highest BCUT2D eigenvalue weighted by Crippen LogP contribution is 2.58. The molecule has 5 aromatic carbocycles. The van der Waals surface area contributed by atoms with Crippen molar-refractivity contribution >= 4 is 23.5 Å². The van der Waals surface area contributed by atoms with Crippen LogP contribution in [0.25, 0.3) is 23.3 Å². The van der Waals surface area contributed by atoms with Gasteiger partial charge in [-0.1, -0.05) is 109 Å². The molecule has 0 saturated heterocycles. The molecule has 0 heterocycles. The summed E-state index contributed by atoms with van der Waals surface area (Å²) in [7, 11) is 0. The quantitative estimate of drug-likeness (QED) is 0.289. The maximum atomic E-state index is 3.59. The first-order valence-corrected chi connectivity index (χ1v) is 11.8. The first-order chi connectivity index (χ1) is 16.9. The predicted molar refractivity (Wildman–Crippen MR) is 142 cm³/mol. The zero-order chi connectivity index (χ0) is 22.5. The Labute approximate surface area is 200 Å². The van der Waals surface area contributed by atoms with Gasteiger partial charge in [-0.15, -0.1) is 0 Å². The molecule has 0 atom stereocenters. The van der Waals surface area contributed by atoms with Gasteiger partial charge in [0.2, 0.25) is 0 Å². The van der Waals surface area contributed by atoms with E-state index in [1.807, 2.05) is 6.07 Å². The fraction of sp³-hybridized carbons (Fsp3) is 0.0303. The standard InChI is InChI=1S/C33H23N/c1-2-12-25(13-3-1)34-26-20-21-32-28(22-26)27-14-6-9-17-31(27)33(32)29-15-7-4-10-23(29)18-19-24-11-5-8-16-30(24)33/h1-22,34H. The van der Waals surface area contributed by atoms with E-state index in [2.05, 4.69) is 133 Å². The van der Waals surface area contributed by atoms with Gasteiger partial charge in [0.15, 0.2) is 0 Å². The Morgan fingerprint density at radius 1 is 0.412 bits per heavy atom. The first kappa shape index (κ1) is 19.1. The van der Waals surface area contributed by atoms with E-state index >= 15 is 0 Å². The third-order valence-corrected chi connectivity index (χ3v) is 7.28. The van der Waals surface area contributed by atoms with Crippen LogP contribution < -0.4 is 5.32 Å². The SMILES string of the molecule is C1=Cc2ccccc2C2(c3ccccc31)c1ccccc1-c1cc(Nc3ccccc3)ccc12. The van der Waals surface area contributed by atoms with Crippen molar-refractivity contribution in [2.24, 2.45) is 0 Å². The second-order valence-electron chi connectivity index (χ2n) is 9.05. The largest absolute Gasteiger partial charge is 0.356 e. The lowest BCUT2D eigenvalue weighted by Gasteiger charge is -2.35. The number of hydrogen-bond acceptors (Lipinski definition) is 1. The molecule has 7 rings (SSSR count). The summed E-state index contributed by atoms with van der Waals surface area (Å²) < 4.78 is 0. The van der Waals surface area contributed by atoms with Crippen LogP contribution in [0.5, 0.6) is 0 Å². The molecular weight excluding hydrogens is 410 g/mol. The minimum absolute atomic E-state index is 0.353. The smallest absolute Gasteiger partial charge is 0.0725 e. The zero-order valence-corrected chi connectivity index (χ0v) is 18.7. The summed E-state index contributed by atoms with van der Waals surface area (Å²) in [5, 5.41) is 3.59. The van der Waals surface area contributed by atoms with Gasteiger partial charge < -0.3 is 5.32 Å². The fourth-order valence-corrected chi connectivity index (χ4v) is 5.92. The van der Waals surface area contributed by atoms with Crippen molar-refractivity contribution in [3.05, 3.63) is 155 Å². The second-order valence-corrected chi connectivity index (χ2v) is 9.05. The van der Waals surface area contributed by atoms with Gasteiger partial charge in [0.25, 0.3) is 0 Å². The Balaban J connectivity index is 1.55. The molecule has 0 saturated carbocycles. The number of rotatable bonds is 2. The lowest BCUT2D eigenvalue weighted by atomic mass is 9.66. The van der Waals surface area contributed by atoms with Gasteiger partial charge in [0, 0.05) is 11.4 Å². The Bertz CT molecular complexity index is 1530.